The standard InChI is InChI=1S/C24H18F3N7O4/c1-12(21-33-19(20(35)23(37)34(21)2)22(36)32-14-8-31-38-11-14)18(15-6-4-3-5-13(15)7-28)16-9-30-17(10-29-16)24(25,26)27/h3-6,8-12,18,35H,1-2H3,(H,32,36)/t12-,18-/m1/s1. The number of carbonyl (C=O) groups is 1. The van der Waals surface area contributed by atoms with Crippen LogP contribution in [0.15, 0.2) is 58.4 Å². The third-order valence-electron chi connectivity index (χ3n) is 5.81. The van der Waals surface area contributed by atoms with Gasteiger partial charge in [-0.15, -0.1) is 0 Å². The Morgan fingerprint density at radius 2 is 1.95 bits per heavy atom. The van der Waals surface area contributed by atoms with Crippen molar-refractivity contribution in [2.75, 3.05) is 5.32 Å². The second-order valence-electron chi connectivity index (χ2n) is 8.19. The summed E-state index contributed by atoms with van der Waals surface area (Å²) >= 11 is 0. The third kappa shape index (κ3) is 4.94. The summed E-state index contributed by atoms with van der Waals surface area (Å²) in [6.45, 7) is 1.60. The van der Waals surface area contributed by atoms with Gasteiger partial charge in [0.25, 0.3) is 11.5 Å². The molecule has 1 amide bonds. The first kappa shape index (κ1) is 26.0. The predicted octanol–water partition coefficient (Wildman–Crippen LogP) is 3.34. The van der Waals surface area contributed by atoms with Crippen LogP contribution in [0.2, 0.25) is 0 Å². The van der Waals surface area contributed by atoms with E-state index in [0.29, 0.717) is 11.8 Å². The molecule has 0 spiro atoms. The lowest BCUT2D eigenvalue weighted by Gasteiger charge is -2.26. The normalized spacial score (nSPS) is 12.9. The lowest BCUT2D eigenvalue weighted by atomic mass is 9.82. The highest BCUT2D eigenvalue weighted by atomic mass is 19.4. The lowest BCUT2D eigenvalue weighted by molar-refractivity contribution is -0.141. The van der Waals surface area contributed by atoms with E-state index in [1.54, 1.807) is 25.1 Å². The van der Waals surface area contributed by atoms with Crippen LogP contribution >= 0.6 is 0 Å². The highest BCUT2D eigenvalue weighted by Gasteiger charge is 2.35. The maximum Gasteiger partial charge on any atom is 0.434 e. The average molecular weight is 525 g/mol. The number of alkyl halides is 3. The molecule has 0 bridgehead atoms. The number of nitriles is 1. The first-order chi connectivity index (χ1) is 18.0. The molecule has 0 unspecified atom stereocenters. The van der Waals surface area contributed by atoms with Gasteiger partial charge in [-0.3, -0.25) is 19.1 Å². The van der Waals surface area contributed by atoms with Gasteiger partial charge in [-0.25, -0.2) is 9.97 Å². The van der Waals surface area contributed by atoms with Gasteiger partial charge in [0.05, 0.1) is 29.7 Å². The van der Waals surface area contributed by atoms with Crippen molar-refractivity contribution in [3.63, 3.8) is 0 Å². The van der Waals surface area contributed by atoms with Crippen molar-refractivity contribution in [3.05, 3.63) is 93.5 Å². The molecule has 0 fully saturated rings. The van der Waals surface area contributed by atoms with E-state index in [2.05, 4.69) is 29.9 Å². The minimum atomic E-state index is -4.72. The molecule has 0 saturated heterocycles. The van der Waals surface area contributed by atoms with E-state index in [1.165, 1.54) is 19.3 Å². The molecule has 0 aliphatic rings. The van der Waals surface area contributed by atoms with Crippen molar-refractivity contribution in [3.8, 4) is 11.8 Å². The molecule has 0 aliphatic heterocycles. The molecule has 0 radical (unpaired) electrons. The fourth-order valence-corrected chi connectivity index (χ4v) is 3.98. The topological polar surface area (TPSA) is 160 Å². The average Bonchev–Trinajstić information content (AvgIpc) is 3.40. The van der Waals surface area contributed by atoms with Gasteiger partial charge in [0, 0.05) is 25.1 Å². The number of amides is 1. The number of benzene rings is 1. The zero-order chi connectivity index (χ0) is 27.6. The van der Waals surface area contributed by atoms with Crippen LogP contribution in [0.4, 0.5) is 18.9 Å². The third-order valence-corrected chi connectivity index (χ3v) is 5.81. The van der Waals surface area contributed by atoms with E-state index in [1.807, 2.05) is 6.07 Å². The minimum Gasteiger partial charge on any atom is -0.501 e. The van der Waals surface area contributed by atoms with Crippen LogP contribution in [-0.2, 0) is 13.2 Å². The smallest absolute Gasteiger partial charge is 0.434 e. The first-order valence-corrected chi connectivity index (χ1v) is 10.9. The van der Waals surface area contributed by atoms with Crippen molar-refractivity contribution < 1.29 is 27.6 Å². The maximum atomic E-state index is 13.1. The highest BCUT2D eigenvalue weighted by molar-refractivity contribution is 6.04. The largest absolute Gasteiger partial charge is 0.501 e. The molecule has 4 rings (SSSR count). The second kappa shape index (κ2) is 10.1. The Bertz CT molecular complexity index is 1580. The number of carbonyl (C=O) groups excluding carboxylic acids is 1. The van der Waals surface area contributed by atoms with Crippen molar-refractivity contribution in [1.82, 2.24) is 24.7 Å². The Kier molecular flexibility index (Phi) is 6.94. The molecule has 194 valence electrons. The van der Waals surface area contributed by atoms with E-state index in [4.69, 9.17) is 0 Å². The van der Waals surface area contributed by atoms with Gasteiger partial charge < -0.3 is 14.9 Å². The van der Waals surface area contributed by atoms with E-state index in [0.717, 1.165) is 17.0 Å². The second-order valence-corrected chi connectivity index (χ2v) is 8.19. The number of aromatic nitrogens is 5. The number of anilines is 1. The molecule has 3 heterocycles. The summed E-state index contributed by atoms with van der Waals surface area (Å²) in [6.07, 6.45) is -0.886. The fourth-order valence-electron chi connectivity index (χ4n) is 3.98. The Morgan fingerprint density at radius 3 is 2.55 bits per heavy atom. The summed E-state index contributed by atoms with van der Waals surface area (Å²) in [5.74, 6) is -3.63. The number of halogens is 3. The molecule has 11 nitrogen and oxygen atoms in total. The minimum absolute atomic E-state index is 0.0114. The van der Waals surface area contributed by atoms with Crippen LogP contribution < -0.4 is 10.9 Å². The molecule has 0 saturated carbocycles. The van der Waals surface area contributed by atoms with Gasteiger partial charge in [0.2, 0.25) is 5.75 Å². The van der Waals surface area contributed by atoms with Crippen LogP contribution in [0.3, 0.4) is 0 Å². The van der Waals surface area contributed by atoms with Crippen LogP contribution in [-0.4, -0.2) is 35.7 Å². The van der Waals surface area contributed by atoms with Crippen LogP contribution in [0, 0.1) is 11.3 Å². The predicted molar refractivity (Wildman–Crippen MR) is 124 cm³/mol. The van der Waals surface area contributed by atoms with Crippen molar-refractivity contribution >= 4 is 11.6 Å². The quantitative estimate of drug-likeness (QED) is 0.385. The number of hydrogen-bond donors (Lipinski definition) is 2. The number of nitrogens with one attached hydrogen (secondary N) is 1. The molecule has 0 aliphatic carbocycles. The summed E-state index contributed by atoms with van der Waals surface area (Å²) in [4.78, 5) is 37.3. The van der Waals surface area contributed by atoms with E-state index in [9.17, 15) is 33.1 Å². The summed E-state index contributed by atoms with van der Waals surface area (Å²) in [7, 11) is 1.31. The highest BCUT2D eigenvalue weighted by Crippen LogP contribution is 2.38. The Hall–Kier alpha value is -5.06. The molecular weight excluding hydrogens is 507 g/mol. The Balaban J connectivity index is 1.86. The molecule has 38 heavy (non-hydrogen) atoms. The molecular formula is C24H18F3N7O4. The van der Waals surface area contributed by atoms with E-state index >= 15 is 0 Å². The monoisotopic (exact) mass is 525 g/mol. The van der Waals surface area contributed by atoms with Crippen LogP contribution in [0.25, 0.3) is 0 Å². The van der Waals surface area contributed by atoms with Gasteiger partial charge in [0.1, 0.15) is 17.8 Å². The van der Waals surface area contributed by atoms with Gasteiger partial charge in [-0.2, -0.15) is 18.4 Å². The Morgan fingerprint density at radius 1 is 1.21 bits per heavy atom. The fraction of sp³-hybridized carbons (Fsp3) is 0.208. The molecule has 1 aromatic carbocycles. The first-order valence-electron chi connectivity index (χ1n) is 10.9. The Labute approximate surface area is 212 Å². The van der Waals surface area contributed by atoms with Gasteiger partial charge in [-0.05, 0) is 11.6 Å². The molecule has 2 N–H and O–H groups in total. The van der Waals surface area contributed by atoms with E-state index < -0.39 is 46.6 Å². The summed E-state index contributed by atoms with van der Waals surface area (Å²) < 4.78 is 45.0. The zero-order valence-electron chi connectivity index (χ0n) is 19.8. The summed E-state index contributed by atoms with van der Waals surface area (Å²) in [5.41, 5.74) is -1.94. The van der Waals surface area contributed by atoms with Crippen LogP contribution in [0.1, 0.15) is 57.6 Å². The zero-order valence-corrected chi connectivity index (χ0v) is 19.8. The summed E-state index contributed by atoms with van der Waals surface area (Å²) in [5, 5.41) is 25.9. The number of nitrogens with zero attached hydrogens (tertiary/aromatic N) is 6. The SMILES string of the molecule is C[C@@H](c1nc(C(=O)Nc2cnoc2)c(O)c(=O)n1C)[C@@H](c1cnc(C(F)(F)F)cn1)c1ccccc1C#N. The van der Waals surface area contributed by atoms with Gasteiger partial charge in [0.15, 0.2) is 11.4 Å². The van der Waals surface area contributed by atoms with Crippen molar-refractivity contribution in [2.45, 2.75) is 24.9 Å². The number of aromatic hydroxyl groups is 1. The molecule has 2 atom stereocenters. The number of hydrogen-bond acceptors (Lipinski definition) is 9. The molecule has 4 aromatic rings. The van der Waals surface area contributed by atoms with Crippen molar-refractivity contribution in [1.29, 1.82) is 5.26 Å². The molecule has 14 heteroatoms. The van der Waals surface area contributed by atoms with Gasteiger partial charge in [-0.1, -0.05) is 30.3 Å². The number of rotatable bonds is 6. The van der Waals surface area contributed by atoms with E-state index in [-0.39, 0.29) is 22.8 Å². The molecule has 3 aromatic heterocycles. The lowest BCUT2D eigenvalue weighted by Crippen LogP contribution is -2.29. The maximum absolute atomic E-state index is 13.1. The van der Waals surface area contributed by atoms with Crippen LogP contribution in [0.5, 0.6) is 5.75 Å². The van der Waals surface area contributed by atoms with Gasteiger partial charge >= 0.3 is 6.18 Å². The van der Waals surface area contributed by atoms with Crippen molar-refractivity contribution in [2.24, 2.45) is 7.05 Å². The summed E-state index contributed by atoms with van der Waals surface area (Å²) in [6, 6.07) is 8.41.